The molecule has 0 saturated carbocycles. The van der Waals surface area contributed by atoms with Gasteiger partial charge in [-0.1, -0.05) is 11.3 Å². The van der Waals surface area contributed by atoms with Crippen LogP contribution in [-0.4, -0.2) is 75.1 Å². The van der Waals surface area contributed by atoms with Crippen molar-refractivity contribution in [3.05, 3.63) is 35.4 Å². The number of carbonyl (C=O) groups excluding carboxylic acids is 1. The first-order valence-corrected chi connectivity index (χ1v) is 14.9. The van der Waals surface area contributed by atoms with Gasteiger partial charge in [0.2, 0.25) is 0 Å². The number of benzene rings is 2. The number of thiazole rings is 1. The number of nitrogens with zero attached hydrogens (tertiary/aromatic N) is 5. The number of halogens is 5. The molecular formula is C28H27F5N8O2S. The molecule has 0 aliphatic carbocycles. The van der Waals surface area contributed by atoms with Crippen molar-refractivity contribution in [2.75, 3.05) is 43.8 Å². The number of primary amides is 1. The third-order valence-electron chi connectivity index (χ3n) is 8.81. The lowest BCUT2D eigenvalue weighted by Crippen LogP contribution is -2.58. The predicted molar refractivity (Wildman–Crippen MR) is 154 cm³/mol. The van der Waals surface area contributed by atoms with Crippen LogP contribution >= 0.6 is 11.3 Å². The second kappa shape index (κ2) is 10.3. The SMILES string of the molecule is NC(=O)N1CC(Nc2nc(OCC34CCCN3CCC4)nc3c(F)c(-c4ccc(F)c5sc(N)nc45)c(C(F)(F)F)cc23)C1. The average molecular weight is 635 g/mol. The highest BCUT2D eigenvalue weighted by atomic mass is 32.1. The number of hydrogen-bond acceptors (Lipinski definition) is 9. The molecule has 4 aromatic rings. The molecule has 5 N–H and O–H groups in total. The van der Waals surface area contributed by atoms with Gasteiger partial charge in [0.15, 0.2) is 10.9 Å². The maximum Gasteiger partial charge on any atom is 0.417 e. The Morgan fingerprint density at radius 3 is 2.52 bits per heavy atom. The number of nitrogens with one attached hydrogen (secondary N) is 1. The van der Waals surface area contributed by atoms with E-state index in [4.69, 9.17) is 16.2 Å². The first-order chi connectivity index (χ1) is 20.9. The number of amides is 2. The number of ether oxygens (including phenoxy) is 1. The van der Waals surface area contributed by atoms with Crippen LogP contribution < -0.4 is 21.5 Å². The predicted octanol–water partition coefficient (Wildman–Crippen LogP) is 4.97. The van der Waals surface area contributed by atoms with Crippen LogP contribution in [-0.2, 0) is 6.18 Å². The molecule has 3 aliphatic rings. The molecule has 3 aliphatic heterocycles. The van der Waals surface area contributed by atoms with E-state index in [1.165, 1.54) is 4.90 Å². The van der Waals surface area contributed by atoms with Gasteiger partial charge < -0.3 is 26.4 Å². The van der Waals surface area contributed by atoms with Crippen molar-refractivity contribution in [2.45, 2.75) is 43.4 Å². The van der Waals surface area contributed by atoms with Crippen LogP contribution in [0, 0.1) is 11.6 Å². The second-order valence-electron chi connectivity index (χ2n) is 11.5. The van der Waals surface area contributed by atoms with E-state index in [9.17, 15) is 22.4 Å². The molecule has 10 nitrogen and oxygen atoms in total. The monoisotopic (exact) mass is 634 g/mol. The Labute approximate surface area is 251 Å². The van der Waals surface area contributed by atoms with E-state index in [2.05, 4.69) is 25.2 Å². The molecular weight excluding hydrogens is 607 g/mol. The number of alkyl halides is 3. The molecule has 44 heavy (non-hydrogen) atoms. The summed E-state index contributed by atoms with van der Waals surface area (Å²) < 4.78 is 80.9. The van der Waals surface area contributed by atoms with Gasteiger partial charge in [-0.3, -0.25) is 4.90 Å². The van der Waals surface area contributed by atoms with E-state index in [-0.39, 0.29) is 63.4 Å². The molecule has 0 unspecified atom stereocenters. The molecule has 0 bridgehead atoms. The molecule has 3 fully saturated rings. The summed E-state index contributed by atoms with van der Waals surface area (Å²) in [5.41, 5.74) is 7.83. The third kappa shape index (κ3) is 4.70. The summed E-state index contributed by atoms with van der Waals surface area (Å²) in [6, 6.07) is 1.53. The normalized spacial score (nSPS) is 18.6. The Kier molecular flexibility index (Phi) is 6.69. The van der Waals surface area contributed by atoms with Gasteiger partial charge in [-0.2, -0.15) is 23.1 Å². The van der Waals surface area contributed by atoms with Gasteiger partial charge in [-0.15, -0.1) is 0 Å². The maximum atomic E-state index is 16.6. The molecule has 232 valence electrons. The summed E-state index contributed by atoms with van der Waals surface area (Å²) in [5, 5.41) is 2.71. The zero-order chi connectivity index (χ0) is 31.0. The lowest BCUT2D eigenvalue weighted by molar-refractivity contribution is -0.137. The quantitative estimate of drug-likeness (QED) is 0.253. The lowest BCUT2D eigenvalue weighted by atomic mass is 9.95. The van der Waals surface area contributed by atoms with Crippen molar-refractivity contribution in [1.29, 1.82) is 0 Å². The number of carbonyl (C=O) groups is 1. The van der Waals surface area contributed by atoms with Gasteiger partial charge in [0.05, 0.1) is 27.4 Å². The molecule has 16 heteroatoms. The smallest absolute Gasteiger partial charge is 0.417 e. The highest BCUT2D eigenvalue weighted by molar-refractivity contribution is 7.22. The Balaban J connectivity index is 1.39. The summed E-state index contributed by atoms with van der Waals surface area (Å²) >= 11 is 0.750. The van der Waals surface area contributed by atoms with Crippen molar-refractivity contribution >= 4 is 49.4 Å². The maximum absolute atomic E-state index is 16.6. The molecule has 3 saturated heterocycles. The number of nitrogen functional groups attached to an aromatic ring is 1. The lowest BCUT2D eigenvalue weighted by Gasteiger charge is -2.38. The number of likely N-dealkylation sites (tertiary alicyclic amines) is 1. The molecule has 2 aromatic carbocycles. The first-order valence-electron chi connectivity index (χ1n) is 14.1. The average Bonchev–Trinajstić information content (AvgIpc) is 3.63. The zero-order valence-electron chi connectivity index (χ0n) is 23.2. The number of rotatable bonds is 6. The fraction of sp³-hybridized carbons (Fsp3) is 0.429. The van der Waals surface area contributed by atoms with Crippen molar-refractivity contribution in [1.82, 2.24) is 24.8 Å². The van der Waals surface area contributed by atoms with Gasteiger partial charge in [-0.25, -0.2) is 18.6 Å². The first kappa shape index (κ1) is 28.7. The van der Waals surface area contributed by atoms with Crippen LogP contribution in [0.4, 0.5) is 37.7 Å². The summed E-state index contributed by atoms with van der Waals surface area (Å²) in [7, 11) is 0. The topological polar surface area (TPSA) is 136 Å². The number of urea groups is 1. The van der Waals surface area contributed by atoms with Crippen LogP contribution in [0.15, 0.2) is 18.2 Å². The van der Waals surface area contributed by atoms with Crippen LogP contribution in [0.25, 0.3) is 32.2 Å². The highest BCUT2D eigenvalue weighted by Gasteiger charge is 2.45. The number of nitrogens with two attached hydrogens (primary N) is 2. The standard InChI is InChI=1S/C28H27F5N8O2S/c29-17-4-3-14(21-22(17)44-24(34)37-21)18-16(28(31,32)33)9-15-20(19(18)30)38-26(39-23(15)36-13-10-40(11-13)25(35)42)43-12-27-5-1-7-41(27)8-2-6-27/h3-4,9,13H,1-2,5-8,10-12H2,(H2,34,37)(H2,35,42)(H,36,38,39). The molecule has 2 aromatic heterocycles. The van der Waals surface area contributed by atoms with Crippen molar-refractivity contribution in [3.63, 3.8) is 0 Å². The van der Waals surface area contributed by atoms with E-state index >= 15 is 4.39 Å². The number of aromatic nitrogens is 3. The van der Waals surface area contributed by atoms with Gasteiger partial charge in [0.25, 0.3) is 0 Å². The van der Waals surface area contributed by atoms with E-state index in [1.54, 1.807) is 0 Å². The third-order valence-corrected chi connectivity index (χ3v) is 9.71. The molecule has 0 radical (unpaired) electrons. The minimum atomic E-state index is -5.02. The van der Waals surface area contributed by atoms with Crippen LogP contribution in [0.1, 0.15) is 31.2 Å². The highest BCUT2D eigenvalue weighted by Crippen LogP contribution is 2.46. The summed E-state index contributed by atoms with van der Waals surface area (Å²) in [5.74, 6) is -2.11. The van der Waals surface area contributed by atoms with Crippen molar-refractivity contribution in [2.24, 2.45) is 5.73 Å². The Hall–Kier alpha value is -4.05. The number of hydrogen-bond donors (Lipinski definition) is 3. The Bertz CT molecular complexity index is 1800. The van der Waals surface area contributed by atoms with E-state index in [1.807, 2.05) is 0 Å². The number of fused-ring (bicyclic) bond motifs is 3. The molecule has 0 atom stereocenters. The van der Waals surface area contributed by atoms with Gasteiger partial charge in [0, 0.05) is 29.6 Å². The van der Waals surface area contributed by atoms with Crippen LogP contribution in [0.2, 0.25) is 0 Å². The number of anilines is 2. The minimum Gasteiger partial charge on any atom is -0.461 e. The largest absolute Gasteiger partial charge is 0.461 e. The molecule has 7 rings (SSSR count). The van der Waals surface area contributed by atoms with Crippen molar-refractivity contribution < 1.29 is 31.5 Å². The van der Waals surface area contributed by atoms with Gasteiger partial charge in [-0.05, 0) is 57.0 Å². The van der Waals surface area contributed by atoms with Crippen molar-refractivity contribution in [3.8, 4) is 17.1 Å². The minimum absolute atomic E-state index is 0.0792. The molecule has 5 heterocycles. The second-order valence-corrected chi connectivity index (χ2v) is 12.5. The van der Waals surface area contributed by atoms with Crippen LogP contribution in [0.3, 0.4) is 0 Å². The van der Waals surface area contributed by atoms with Gasteiger partial charge in [0.1, 0.15) is 23.8 Å². The summed E-state index contributed by atoms with van der Waals surface area (Å²) in [6.07, 6.45) is -1.16. The molecule has 0 spiro atoms. The Morgan fingerprint density at radius 2 is 1.84 bits per heavy atom. The fourth-order valence-corrected chi connectivity index (χ4v) is 7.43. The summed E-state index contributed by atoms with van der Waals surface area (Å²) in [6.45, 7) is 2.49. The van der Waals surface area contributed by atoms with Gasteiger partial charge >= 0.3 is 18.2 Å². The fourth-order valence-electron chi connectivity index (χ4n) is 6.66. The molecule has 2 amide bonds. The Morgan fingerprint density at radius 1 is 1.11 bits per heavy atom. The van der Waals surface area contributed by atoms with Crippen LogP contribution in [0.5, 0.6) is 6.01 Å². The summed E-state index contributed by atoms with van der Waals surface area (Å²) in [4.78, 5) is 27.9. The van der Waals surface area contributed by atoms with E-state index in [0.29, 0.717) is 0 Å². The van der Waals surface area contributed by atoms with E-state index < -0.39 is 46.5 Å². The van der Waals surface area contributed by atoms with E-state index in [0.717, 1.165) is 68.3 Å². The zero-order valence-corrected chi connectivity index (χ0v) is 24.0.